The molecular weight excluding hydrogens is 468 g/mol. The summed E-state index contributed by atoms with van der Waals surface area (Å²) in [5, 5.41) is 10.7. The van der Waals surface area contributed by atoms with E-state index in [-0.39, 0.29) is 30.6 Å². The molecule has 2 amide bonds. The van der Waals surface area contributed by atoms with Gasteiger partial charge in [-0.2, -0.15) is 5.10 Å². The summed E-state index contributed by atoms with van der Waals surface area (Å²) in [6.45, 7) is 10.5. The molecule has 0 bridgehead atoms. The molecule has 4 rings (SSSR count). The Bertz CT molecular complexity index is 1420. The predicted octanol–water partition coefficient (Wildman–Crippen LogP) is 3.75. The van der Waals surface area contributed by atoms with E-state index in [1.165, 1.54) is 10.6 Å². The van der Waals surface area contributed by atoms with Crippen molar-refractivity contribution in [1.29, 1.82) is 0 Å². The molecule has 0 radical (unpaired) electrons. The van der Waals surface area contributed by atoms with Crippen molar-refractivity contribution in [2.75, 3.05) is 0 Å². The molecule has 2 N–H and O–H groups in total. The molecule has 0 saturated carbocycles. The number of carbonyl (C=O) groups excluding carboxylic acids is 2. The number of rotatable bonds is 8. The van der Waals surface area contributed by atoms with Gasteiger partial charge in [-0.3, -0.25) is 23.6 Å². The molecule has 0 aliphatic heterocycles. The van der Waals surface area contributed by atoms with E-state index in [0.29, 0.717) is 11.0 Å². The molecule has 1 atom stereocenters. The van der Waals surface area contributed by atoms with Gasteiger partial charge in [-0.15, -0.1) is 0 Å². The minimum absolute atomic E-state index is 0.0415. The average molecular weight is 503 g/mol. The van der Waals surface area contributed by atoms with Crippen molar-refractivity contribution < 1.29 is 9.59 Å². The SMILES string of the molecule is CC.CCn1ccc(C(C)NC(=O)Cn2c(=O)c(C(=O)NCc3ccc(C)cc3)cc3cccnc32)n1. The maximum atomic E-state index is 13.3. The molecule has 3 heterocycles. The van der Waals surface area contributed by atoms with E-state index in [4.69, 9.17) is 0 Å². The third-order valence-corrected chi connectivity index (χ3v) is 5.77. The lowest BCUT2D eigenvalue weighted by Crippen LogP contribution is -2.37. The molecule has 0 aliphatic carbocycles. The number of nitrogens with zero attached hydrogens (tertiary/aromatic N) is 4. The summed E-state index contributed by atoms with van der Waals surface area (Å²) >= 11 is 0. The van der Waals surface area contributed by atoms with Gasteiger partial charge in [0.1, 0.15) is 17.8 Å². The molecule has 9 heteroatoms. The smallest absolute Gasteiger partial charge is 0.265 e. The predicted molar refractivity (Wildman–Crippen MR) is 144 cm³/mol. The molecule has 0 fully saturated rings. The van der Waals surface area contributed by atoms with E-state index < -0.39 is 11.5 Å². The van der Waals surface area contributed by atoms with Crippen LogP contribution in [0.4, 0.5) is 0 Å². The van der Waals surface area contributed by atoms with Crippen LogP contribution in [-0.4, -0.2) is 31.1 Å². The van der Waals surface area contributed by atoms with E-state index in [1.807, 2.05) is 71.1 Å². The summed E-state index contributed by atoms with van der Waals surface area (Å²) in [6.07, 6.45) is 3.39. The number of pyridine rings is 2. The third-order valence-electron chi connectivity index (χ3n) is 5.77. The van der Waals surface area contributed by atoms with Crippen LogP contribution in [-0.2, 0) is 24.4 Å². The molecule has 0 saturated heterocycles. The summed E-state index contributed by atoms with van der Waals surface area (Å²) in [4.78, 5) is 43.3. The van der Waals surface area contributed by atoms with Crippen LogP contribution in [0, 0.1) is 6.92 Å². The number of benzene rings is 1. The Balaban J connectivity index is 0.00000186. The number of aryl methyl sites for hydroxylation is 2. The highest BCUT2D eigenvalue weighted by molar-refractivity contribution is 5.97. The second-order valence-corrected chi connectivity index (χ2v) is 8.42. The highest BCUT2D eigenvalue weighted by Gasteiger charge is 2.19. The van der Waals surface area contributed by atoms with Crippen LogP contribution in [0.15, 0.2) is 65.7 Å². The second kappa shape index (κ2) is 12.6. The van der Waals surface area contributed by atoms with Gasteiger partial charge in [0.25, 0.3) is 11.5 Å². The maximum Gasteiger partial charge on any atom is 0.265 e. The van der Waals surface area contributed by atoms with Gasteiger partial charge in [0.15, 0.2) is 0 Å². The van der Waals surface area contributed by atoms with E-state index in [9.17, 15) is 14.4 Å². The Morgan fingerprint density at radius 1 is 1.08 bits per heavy atom. The van der Waals surface area contributed by atoms with Crippen molar-refractivity contribution in [3.05, 3.63) is 93.7 Å². The van der Waals surface area contributed by atoms with Crippen molar-refractivity contribution in [3.63, 3.8) is 0 Å². The molecule has 1 aromatic carbocycles. The Morgan fingerprint density at radius 3 is 2.49 bits per heavy atom. The minimum atomic E-state index is -0.573. The van der Waals surface area contributed by atoms with Crippen LogP contribution in [0.2, 0.25) is 0 Å². The number of amides is 2. The molecule has 0 spiro atoms. The second-order valence-electron chi connectivity index (χ2n) is 8.42. The number of hydrogen-bond acceptors (Lipinski definition) is 5. The summed E-state index contributed by atoms with van der Waals surface area (Å²) in [5.74, 6) is -0.885. The molecule has 1 unspecified atom stereocenters. The van der Waals surface area contributed by atoms with Crippen LogP contribution >= 0.6 is 0 Å². The first-order valence-corrected chi connectivity index (χ1v) is 12.5. The fraction of sp³-hybridized carbons (Fsp3) is 0.321. The Labute approximate surface area is 216 Å². The van der Waals surface area contributed by atoms with Gasteiger partial charge in [-0.25, -0.2) is 4.98 Å². The van der Waals surface area contributed by atoms with E-state index >= 15 is 0 Å². The number of carbonyl (C=O) groups is 2. The Kier molecular flexibility index (Phi) is 9.32. The van der Waals surface area contributed by atoms with Crippen LogP contribution < -0.4 is 16.2 Å². The van der Waals surface area contributed by atoms with Gasteiger partial charge < -0.3 is 10.6 Å². The summed E-state index contributed by atoms with van der Waals surface area (Å²) < 4.78 is 3.02. The van der Waals surface area contributed by atoms with Crippen LogP contribution in [0.25, 0.3) is 11.0 Å². The normalized spacial score (nSPS) is 11.4. The maximum absolute atomic E-state index is 13.3. The Morgan fingerprint density at radius 2 is 1.81 bits per heavy atom. The first-order valence-electron chi connectivity index (χ1n) is 12.5. The standard InChI is InChI=1S/C26H28N6O3.C2H6/c1-4-31-13-11-22(30-31)18(3)29-23(33)16-32-24-20(6-5-12-27-24)14-21(26(32)35)25(34)28-15-19-9-7-17(2)8-10-19;1-2/h5-14,18H,4,15-16H2,1-3H3,(H,28,34)(H,29,33);1-2H3. The van der Waals surface area contributed by atoms with Crippen LogP contribution in [0.3, 0.4) is 0 Å². The first kappa shape index (κ1) is 27.3. The Hall–Kier alpha value is -4.27. The topological polar surface area (TPSA) is 111 Å². The van der Waals surface area contributed by atoms with Crippen molar-refractivity contribution in [2.45, 2.75) is 60.3 Å². The van der Waals surface area contributed by atoms with Crippen molar-refractivity contribution in [3.8, 4) is 0 Å². The van der Waals surface area contributed by atoms with E-state index in [1.54, 1.807) is 23.0 Å². The van der Waals surface area contributed by atoms with Crippen molar-refractivity contribution >= 4 is 22.8 Å². The molecular formula is C28H34N6O3. The van der Waals surface area contributed by atoms with Gasteiger partial charge in [-0.1, -0.05) is 43.7 Å². The lowest BCUT2D eigenvalue weighted by molar-refractivity contribution is -0.122. The quantitative estimate of drug-likeness (QED) is 0.381. The number of hydrogen-bond donors (Lipinski definition) is 2. The van der Waals surface area contributed by atoms with Gasteiger partial charge in [0, 0.05) is 30.9 Å². The molecule has 194 valence electrons. The lowest BCUT2D eigenvalue weighted by Gasteiger charge is -2.15. The van der Waals surface area contributed by atoms with Gasteiger partial charge in [-0.05, 0) is 50.6 Å². The van der Waals surface area contributed by atoms with Crippen LogP contribution in [0.5, 0.6) is 0 Å². The van der Waals surface area contributed by atoms with Crippen molar-refractivity contribution in [2.24, 2.45) is 0 Å². The third kappa shape index (κ3) is 6.69. The average Bonchev–Trinajstić information content (AvgIpc) is 3.40. The van der Waals surface area contributed by atoms with E-state index in [0.717, 1.165) is 23.4 Å². The molecule has 4 aromatic rings. The lowest BCUT2D eigenvalue weighted by atomic mass is 10.1. The highest BCUT2D eigenvalue weighted by atomic mass is 16.2. The summed E-state index contributed by atoms with van der Waals surface area (Å²) in [7, 11) is 0. The monoisotopic (exact) mass is 502 g/mol. The van der Waals surface area contributed by atoms with Gasteiger partial charge >= 0.3 is 0 Å². The zero-order valence-electron chi connectivity index (χ0n) is 22.0. The minimum Gasteiger partial charge on any atom is -0.348 e. The molecule has 37 heavy (non-hydrogen) atoms. The molecule has 9 nitrogen and oxygen atoms in total. The summed E-state index contributed by atoms with van der Waals surface area (Å²) in [6, 6.07) is 14.3. The molecule has 0 aliphatic rings. The number of fused-ring (bicyclic) bond motifs is 1. The molecule has 3 aromatic heterocycles. The number of aromatic nitrogens is 4. The van der Waals surface area contributed by atoms with Crippen LogP contribution in [0.1, 0.15) is 60.9 Å². The van der Waals surface area contributed by atoms with E-state index in [2.05, 4.69) is 20.7 Å². The summed E-state index contributed by atoms with van der Waals surface area (Å²) in [5.41, 5.74) is 2.49. The zero-order valence-corrected chi connectivity index (χ0v) is 22.0. The fourth-order valence-corrected chi connectivity index (χ4v) is 3.79. The van der Waals surface area contributed by atoms with Crippen molar-refractivity contribution in [1.82, 2.24) is 30.0 Å². The van der Waals surface area contributed by atoms with Gasteiger partial charge in [0.05, 0.1) is 11.7 Å². The zero-order chi connectivity index (χ0) is 26.9. The van der Waals surface area contributed by atoms with Gasteiger partial charge in [0.2, 0.25) is 5.91 Å². The largest absolute Gasteiger partial charge is 0.348 e. The fourth-order valence-electron chi connectivity index (χ4n) is 3.79. The number of nitrogens with one attached hydrogen (secondary N) is 2. The highest BCUT2D eigenvalue weighted by Crippen LogP contribution is 2.13. The first-order chi connectivity index (χ1) is 17.9.